The zero-order chi connectivity index (χ0) is 13.6. The van der Waals surface area contributed by atoms with E-state index >= 15 is 0 Å². The maximum Gasteiger partial charge on any atom is 0.347 e. The standard InChI is InChI=1S/C13H11IO5/c1-2-8(14)13(16)17-4-3-6-9-5-7-11(18-9)10(6)19-12(7)15/h5,8H,2-4H2,1H3. The minimum atomic E-state index is -0.370. The van der Waals surface area contributed by atoms with Crippen molar-refractivity contribution in [1.29, 1.82) is 0 Å². The van der Waals surface area contributed by atoms with Crippen molar-refractivity contribution in [3.63, 3.8) is 0 Å². The van der Waals surface area contributed by atoms with Crippen LogP contribution >= 0.6 is 22.6 Å². The fourth-order valence-electron chi connectivity index (χ4n) is 2.11. The number of hydrogen-bond acceptors (Lipinski definition) is 5. The molecule has 0 aromatic carbocycles. The first-order valence-corrected chi connectivity index (χ1v) is 7.27. The van der Waals surface area contributed by atoms with E-state index in [0.717, 1.165) is 12.0 Å². The fourth-order valence-corrected chi connectivity index (χ4v) is 2.29. The molecule has 0 saturated heterocycles. The Bertz CT molecular complexity index is 644. The number of furan rings is 2. The number of rotatable bonds is 5. The van der Waals surface area contributed by atoms with Crippen LogP contribution in [0.4, 0.5) is 0 Å². The van der Waals surface area contributed by atoms with Gasteiger partial charge in [0.1, 0.15) is 15.1 Å². The van der Waals surface area contributed by atoms with E-state index in [0.29, 0.717) is 28.9 Å². The molecule has 2 aromatic heterocycles. The van der Waals surface area contributed by atoms with E-state index in [-0.39, 0.29) is 22.5 Å². The van der Waals surface area contributed by atoms with Crippen molar-refractivity contribution in [3.05, 3.63) is 17.2 Å². The zero-order valence-electron chi connectivity index (χ0n) is 10.2. The Morgan fingerprint density at radius 1 is 1.53 bits per heavy atom. The minimum absolute atomic E-state index is 0.121. The summed E-state index contributed by atoms with van der Waals surface area (Å²) in [4.78, 5) is 23.0. The van der Waals surface area contributed by atoms with Crippen molar-refractivity contribution < 1.29 is 23.5 Å². The van der Waals surface area contributed by atoms with Crippen LogP contribution in [0.5, 0.6) is 5.75 Å². The SMILES string of the molecule is CCC(I)C(=O)OCCc1c2c3oc1cc3C(=O)O2. The zero-order valence-corrected chi connectivity index (χ0v) is 12.4. The van der Waals surface area contributed by atoms with Gasteiger partial charge < -0.3 is 13.9 Å². The summed E-state index contributed by atoms with van der Waals surface area (Å²) >= 11 is 2.06. The van der Waals surface area contributed by atoms with E-state index in [1.54, 1.807) is 6.07 Å². The van der Waals surface area contributed by atoms with Gasteiger partial charge in [-0.2, -0.15) is 0 Å². The van der Waals surface area contributed by atoms with Gasteiger partial charge in [0.2, 0.25) is 0 Å². The van der Waals surface area contributed by atoms with Crippen LogP contribution in [0.25, 0.3) is 11.2 Å². The van der Waals surface area contributed by atoms with Crippen molar-refractivity contribution in [3.8, 4) is 5.75 Å². The summed E-state index contributed by atoms with van der Waals surface area (Å²) in [5.74, 6) is -0.0876. The largest absolute Gasteiger partial charge is 0.465 e. The van der Waals surface area contributed by atoms with E-state index in [4.69, 9.17) is 13.9 Å². The Hall–Kier alpha value is -1.31. The number of alkyl halides is 1. The van der Waals surface area contributed by atoms with Crippen molar-refractivity contribution in [2.75, 3.05) is 6.61 Å². The lowest BCUT2D eigenvalue weighted by Crippen LogP contribution is -2.17. The molecule has 0 amide bonds. The van der Waals surface area contributed by atoms with Crippen LogP contribution in [0, 0.1) is 0 Å². The lowest BCUT2D eigenvalue weighted by atomic mass is 10.1. The molecule has 100 valence electrons. The van der Waals surface area contributed by atoms with Crippen LogP contribution in [0.15, 0.2) is 10.5 Å². The summed E-state index contributed by atoms with van der Waals surface area (Å²) in [6.07, 6.45) is 1.24. The van der Waals surface area contributed by atoms with Crippen LogP contribution in [-0.4, -0.2) is 22.5 Å². The molecule has 3 heterocycles. The van der Waals surface area contributed by atoms with E-state index < -0.39 is 0 Å². The molecule has 1 unspecified atom stereocenters. The van der Waals surface area contributed by atoms with Crippen LogP contribution in [0.3, 0.4) is 0 Å². The number of carbonyl (C=O) groups is 2. The monoisotopic (exact) mass is 374 g/mol. The highest BCUT2D eigenvalue weighted by Crippen LogP contribution is 2.43. The average Bonchev–Trinajstić information content (AvgIpc) is 3.01. The van der Waals surface area contributed by atoms with Crippen molar-refractivity contribution in [1.82, 2.24) is 0 Å². The average molecular weight is 374 g/mol. The van der Waals surface area contributed by atoms with E-state index in [1.165, 1.54) is 0 Å². The molecule has 0 spiro atoms. The molecular weight excluding hydrogens is 363 g/mol. The maximum atomic E-state index is 11.5. The summed E-state index contributed by atoms with van der Waals surface area (Å²) < 4.78 is 15.6. The molecule has 1 aliphatic rings. The molecule has 2 bridgehead atoms. The molecule has 5 nitrogen and oxygen atoms in total. The lowest BCUT2D eigenvalue weighted by Gasteiger charge is -2.07. The summed E-state index contributed by atoms with van der Waals surface area (Å²) in [5, 5.41) is 0. The van der Waals surface area contributed by atoms with Gasteiger partial charge in [-0.15, -0.1) is 0 Å². The van der Waals surface area contributed by atoms with E-state index in [2.05, 4.69) is 22.6 Å². The number of halogens is 1. The van der Waals surface area contributed by atoms with E-state index in [9.17, 15) is 9.59 Å². The van der Waals surface area contributed by atoms with Gasteiger partial charge in [0.25, 0.3) is 0 Å². The van der Waals surface area contributed by atoms with Gasteiger partial charge in [0.05, 0.1) is 6.61 Å². The molecule has 3 rings (SSSR count). The third-order valence-corrected chi connectivity index (χ3v) is 4.52. The second-order valence-corrected chi connectivity index (χ2v) is 5.85. The van der Waals surface area contributed by atoms with Crippen LogP contribution in [0.2, 0.25) is 0 Å². The van der Waals surface area contributed by atoms with Crippen molar-refractivity contribution >= 4 is 45.7 Å². The molecule has 0 radical (unpaired) electrons. The highest BCUT2D eigenvalue weighted by atomic mass is 127. The van der Waals surface area contributed by atoms with Crippen LogP contribution in [0.1, 0.15) is 29.3 Å². The number of benzene rings is 1. The van der Waals surface area contributed by atoms with Gasteiger partial charge >= 0.3 is 11.9 Å². The summed E-state index contributed by atoms with van der Waals surface area (Å²) in [6.45, 7) is 2.20. The molecule has 0 saturated carbocycles. The van der Waals surface area contributed by atoms with Gasteiger partial charge in [-0.3, -0.25) is 4.79 Å². The van der Waals surface area contributed by atoms with Gasteiger partial charge in [-0.05, 0) is 12.5 Å². The Kier molecular flexibility index (Phi) is 3.12. The quantitative estimate of drug-likeness (QED) is 0.458. The Morgan fingerprint density at radius 2 is 2.32 bits per heavy atom. The molecule has 6 heteroatoms. The van der Waals surface area contributed by atoms with Crippen LogP contribution < -0.4 is 4.74 Å². The first kappa shape index (κ1) is 12.7. The molecule has 19 heavy (non-hydrogen) atoms. The molecule has 0 N–H and O–H groups in total. The summed E-state index contributed by atoms with van der Waals surface area (Å²) in [5.41, 5.74) is 2.45. The fraction of sp³-hybridized carbons (Fsp3) is 0.385. The lowest BCUT2D eigenvalue weighted by molar-refractivity contribution is -0.142. The van der Waals surface area contributed by atoms with E-state index in [1.807, 2.05) is 6.92 Å². The smallest absolute Gasteiger partial charge is 0.347 e. The molecule has 0 fully saturated rings. The molecule has 1 atom stereocenters. The predicted octanol–water partition coefficient (Wildman–Crippen LogP) is 2.70. The molecular formula is C13H11IO5. The maximum absolute atomic E-state index is 11.5. The highest BCUT2D eigenvalue weighted by molar-refractivity contribution is 14.1. The second-order valence-electron chi connectivity index (χ2n) is 4.34. The number of carbonyl (C=O) groups excluding carboxylic acids is 2. The molecule has 0 aliphatic carbocycles. The van der Waals surface area contributed by atoms with Gasteiger partial charge in [0, 0.05) is 12.0 Å². The third-order valence-electron chi connectivity index (χ3n) is 3.14. The minimum Gasteiger partial charge on any atom is -0.465 e. The summed E-state index contributed by atoms with van der Waals surface area (Å²) in [6, 6.07) is 1.68. The number of hydrogen-bond donors (Lipinski definition) is 0. The van der Waals surface area contributed by atoms with Gasteiger partial charge in [-0.25, -0.2) is 4.79 Å². The normalized spacial score (nSPS) is 14.9. The first-order chi connectivity index (χ1) is 9.11. The predicted molar refractivity (Wildman–Crippen MR) is 75.1 cm³/mol. The number of ether oxygens (including phenoxy) is 2. The van der Waals surface area contributed by atoms with Crippen molar-refractivity contribution in [2.45, 2.75) is 23.7 Å². The Labute approximate surface area is 122 Å². The van der Waals surface area contributed by atoms with Gasteiger partial charge in [-0.1, -0.05) is 29.5 Å². The second kappa shape index (κ2) is 4.66. The number of fused-ring (bicyclic) bond motifs is 1. The van der Waals surface area contributed by atoms with Gasteiger partial charge in [0.15, 0.2) is 11.3 Å². The highest BCUT2D eigenvalue weighted by Gasteiger charge is 2.34. The summed E-state index contributed by atoms with van der Waals surface area (Å²) in [7, 11) is 0. The first-order valence-electron chi connectivity index (χ1n) is 6.02. The number of esters is 2. The Morgan fingerprint density at radius 3 is 3.05 bits per heavy atom. The third kappa shape index (κ3) is 1.98. The topological polar surface area (TPSA) is 65.7 Å². The van der Waals surface area contributed by atoms with Crippen molar-refractivity contribution in [2.24, 2.45) is 0 Å². The molecule has 2 aromatic rings. The Balaban J connectivity index is 1.65. The molecule has 1 aliphatic heterocycles. The van der Waals surface area contributed by atoms with Crippen LogP contribution in [-0.2, 0) is 16.0 Å².